The molecule has 1 nitrogen and oxygen atoms in total. The molecular weight excluding hydrogens is 412 g/mol. The summed E-state index contributed by atoms with van der Waals surface area (Å²) in [5.41, 5.74) is 3.28. The molecule has 1 heterocycles. The van der Waals surface area contributed by atoms with Crippen LogP contribution in [0.2, 0.25) is 0 Å². The molecule has 0 aliphatic heterocycles. The van der Waals surface area contributed by atoms with E-state index in [1.54, 1.807) is 6.07 Å². The Morgan fingerprint density at radius 3 is 1.92 bits per heavy atom. The van der Waals surface area contributed by atoms with Gasteiger partial charge >= 0.3 is 0 Å². The van der Waals surface area contributed by atoms with Crippen LogP contribution in [0, 0.1) is 9.39 Å². The van der Waals surface area contributed by atoms with Crippen molar-refractivity contribution in [2.45, 2.75) is 6.04 Å². The van der Waals surface area contributed by atoms with E-state index >= 15 is 0 Å². The van der Waals surface area contributed by atoms with Crippen LogP contribution < -0.4 is 0 Å². The van der Waals surface area contributed by atoms with Crippen molar-refractivity contribution in [3.63, 3.8) is 0 Å². The van der Waals surface area contributed by atoms with Gasteiger partial charge in [-0.3, -0.25) is 0 Å². The minimum atomic E-state index is -0.171. The van der Waals surface area contributed by atoms with Gasteiger partial charge in [0.2, 0.25) is 0 Å². The molecule has 0 radical (unpaired) electrons. The van der Waals surface area contributed by atoms with Crippen molar-refractivity contribution in [2.75, 3.05) is 0 Å². The van der Waals surface area contributed by atoms with Gasteiger partial charge < -0.3 is 4.57 Å². The second-order valence-corrected chi connectivity index (χ2v) is 6.90. The summed E-state index contributed by atoms with van der Waals surface area (Å²) in [5.74, 6) is -0.171. The molecule has 118 valence electrons. The second-order valence-electron chi connectivity index (χ2n) is 5.74. The zero-order valence-electron chi connectivity index (χ0n) is 12.9. The smallest absolute Gasteiger partial charge is 0.133 e. The molecule has 0 N–H and O–H groups in total. The van der Waals surface area contributed by atoms with Crippen LogP contribution in [0.5, 0.6) is 0 Å². The quantitative estimate of drug-likeness (QED) is 0.353. The van der Waals surface area contributed by atoms with E-state index in [1.807, 2.05) is 48.7 Å². The van der Waals surface area contributed by atoms with E-state index in [4.69, 9.17) is 0 Å². The summed E-state index contributed by atoms with van der Waals surface area (Å²) in [6, 6.07) is 26.0. The molecule has 0 fully saturated rings. The highest BCUT2D eigenvalue weighted by atomic mass is 127. The van der Waals surface area contributed by atoms with Crippen molar-refractivity contribution in [1.82, 2.24) is 4.57 Å². The topological polar surface area (TPSA) is 4.93 Å². The van der Waals surface area contributed by atoms with Gasteiger partial charge in [0.05, 0.1) is 11.6 Å². The summed E-state index contributed by atoms with van der Waals surface area (Å²) in [5, 5.41) is 0.690. The fourth-order valence-electron chi connectivity index (χ4n) is 3.22. The first kappa shape index (κ1) is 15.4. The number of hydrogen-bond acceptors (Lipinski definition) is 0. The lowest BCUT2D eigenvalue weighted by Crippen LogP contribution is -2.11. The molecule has 0 saturated carbocycles. The van der Waals surface area contributed by atoms with Crippen molar-refractivity contribution >= 4 is 33.5 Å². The molecule has 3 heteroatoms. The molecule has 1 aromatic heterocycles. The highest BCUT2D eigenvalue weighted by Gasteiger charge is 2.20. The number of benzene rings is 3. The van der Waals surface area contributed by atoms with E-state index in [2.05, 4.69) is 51.4 Å². The summed E-state index contributed by atoms with van der Waals surface area (Å²) < 4.78 is 17.4. The highest BCUT2D eigenvalue weighted by Crippen LogP contribution is 2.34. The lowest BCUT2D eigenvalue weighted by Gasteiger charge is -2.21. The molecule has 0 unspecified atom stereocenters. The molecule has 4 aromatic rings. The van der Waals surface area contributed by atoms with E-state index < -0.39 is 0 Å². The van der Waals surface area contributed by atoms with Gasteiger partial charge in [-0.05, 0) is 45.9 Å². The maximum Gasteiger partial charge on any atom is 0.133 e. The van der Waals surface area contributed by atoms with Crippen LogP contribution in [0.15, 0.2) is 85.1 Å². The predicted molar refractivity (Wildman–Crippen MR) is 105 cm³/mol. The van der Waals surface area contributed by atoms with E-state index in [0.717, 1.165) is 9.09 Å². The maximum absolute atomic E-state index is 14.3. The number of nitrogens with zero attached hydrogens (tertiary/aromatic N) is 1. The molecular formula is C21H15FIN. The SMILES string of the molecule is Fc1cccc2c1c(I)cn2C(c1ccccc1)c1ccccc1. The first-order valence-corrected chi connectivity index (χ1v) is 8.88. The number of rotatable bonds is 3. The molecule has 0 amide bonds. The standard InChI is InChI=1S/C21H15FIN/c22-17-12-7-13-19-20(17)18(23)14-24(19)21(15-8-3-1-4-9-15)16-10-5-2-6-11-16/h1-14,21H. The van der Waals surface area contributed by atoms with Gasteiger partial charge in [-0.2, -0.15) is 0 Å². The van der Waals surface area contributed by atoms with Gasteiger partial charge in [0.1, 0.15) is 5.82 Å². The molecule has 0 aliphatic carbocycles. The Hall–Kier alpha value is -2.14. The normalized spacial score (nSPS) is 11.3. The first-order valence-electron chi connectivity index (χ1n) is 7.80. The van der Waals surface area contributed by atoms with Crippen LogP contribution >= 0.6 is 22.6 Å². The Balaban J connectivity index is 2.00. The Bertz CT molecular complexity index is 937. The minimum Gasteiger partial charge on any atom is -0.335 e. The van der Waals surface area contributed by atoms with Crippen LogP contribution in [-0.4, -0.2) is 4.57 Å². The van der Waals surface area contributed by atoms with E-state index in [-0.39, 0.29) is 11.9 Å². The lowest BCUT2D eigenvalue weighted by atomic mass is 9.98. The van der Waals surface area contributed by atoms with E-state index in [0.29, 0.717) is 5.39 Å². The van der Waals surface area contributed by atoms with Crippen LogP contribution in [-0.2, 0) is 0 Å². The van der Waals surface area contributed by atoms with Crippen LogP contribution in [0.3, 0.4) is 0 Å². The van der Waals surface area contributed by atoms with Gasteiger partial charge in [0.15, 0.2) is 0 Å². The number of fused-ring (bicyclic) bond motifs is 1. The Morgan fingerprint density at radius 1 is 0.750 bits per heavy atom. The molecule has 3 aromatic carbocycles. The predicted octanol–water partition coefficient (Wildman–Crippen LogP) is 6.02. The third kappa shape index (κ3) is 2.63. The molecule has 0 atom stereocenters. The summed E-state index contributed by atoms with van der Waals surface area (Å²) in [6.45, 7) is 0. The van der Waals surface area contributed by atoms with E-state index in [1.165, 1.54) is 17.2 Å². The summed E-state index contributed by atoms with van der Waals surface area (Å²) >= 11 is 2.22. The number of halogens is 2. The summed E-state index contributed by atoms with van der Waals surface area (Å²) in [7, 11) is 0. The Labute approximate surface area is 153 Å². The maximum atomic E-state index is 14.3. The van der Waals surface area contributed by atoms with Crippen molar-refractivity contribution in [3.05, 3.63) is 106 Å². The van der Waals surface area contributed by atoms with Gasteiger partial charge in [-0.1, -0.05) is 66.7 Å². The highest BCUT2D eigenvalue weighted by molar-refractivity contribution is 14.1. The average Bonchev–Trinajstić information content (AvgIpc) is 2.95. The molecule has 0 bridgehead atoms. The van der Waals surface area contributed by atoms with Crippen LogP contribution in [0.4, 0.5) is 4.39 Å². The van der Waals surface area contributed by atoms with Crippen molar-refractivity contribution in [3.8, 4) is 0 Å². The second kappa shape index (κ2) is 6.40. The van der Waals surface area contributed by atoms with Crippen molar-refractivity contribution < 1.29 is 4.39 Å². The number of aromatic nitrogens is 1. The molecule has 4 rings (SSSR count). The minimum absolute atomic E-state index is 0.0141. The van der Waals surface area contributed by atoms with Gasteiger partial charge in [0, 0.05) is 15.2 Å². The molecule has 24 heavy (non-hydrogen) atoms. The molecule has 0 aliphatic rings. The monoisotopic (exact) mass is 427 g/mol. The van der Waals surface area contributed by atoms with Crippen molar-refractivity contribution in [2.24, 2.45) is 0 Å². The van der Waals surface area contributed by atoms with Crippen LogP contribution in [0.25, 0.3) is 10.9 Å². The fourth-order valence-corrected chi connectivity index (χ4v) is 4.05. The molecule has 0 spiro atoms. The average molecular weight is 427 g/mol. The van der Waals surface area contributed by atoms with E-state index in [9.17, 15) is 4.39 Å². The zero-order chi connectivity index (χ0) is 16.5. The van der Waals surface area contributed by atoms with Gasteiger partial charge in [-0.15, -0.1) is 0 Å². The summed E-state index contributed by atoms with van der Waals surface area (Å²) in [4.78, 5) is 0. The van der Waals surface area contributed by atoms with Gasteiger partial charge in [0.25, 0.3) is 0 Å². The third-order valence-corrected chi connectivity index (χ3v) is 5.09. The fraction of sp³-hybridized carbons (Fsp3) is 0.0476. The lowest BCUT2D eigenvalue weighted by molar-refractivity contribution is 0.638. The summed E-state index contributed by atoms with van der Waals surface area (Å²) in [6.07, 6.45) is 2.04. The van der Waals surface area contributed by atoms with Gasteiger partial charge in [-0.25, -0.2) is 4.39 Å². The largest absolute Gasteiger partial charge is 0.335 e. The Morgan fingerprint density at radius 2 is 1.33 bits per heavy atom. The Kier molecular flexibility index (Phi) is 4.10. The first-order chi connectivity index (χ1) is 11.8. The molecule has 0 saturated heterocycles. The zero-order valence-corrected chi connectivity index (χ0v) is 15.0. The van der Waals surface area contributed by atoms with Crippen molar-refractivity contribution in [1.29, 1.82) is 0 Å². The third-order valence-electron chi connectivity index (χ3n) is 4.27. The van der Waals surface area contributed by atoms with Crippen LogP contribution in [0.1, 0.15) is 17.2 Å². The number of hydrogen-bond donors (Lipinski definition) is 0.